The molecule has 1 heterocycles. The first kappa shape index (κ1) is 15.8. The molecule has 4 aliphatic rings. The second-order valence-corrected chi connectivity index (χ2v) is 9.70. The number of fused-ring (bicyclic) bond motifs is 3. The van der Waals surface area contributed by atoms with Crippen molar-refractivity contribution < 1.29 is 14.6 Å². The first-order chi connectivity index (χ1) is 10.7. The number of Topliss-reactive ketones (excluding diaryl/α,β-unsaturated/α-hetero) is 1. The third-order valence-corrected chi connectivity index (χ3v) is 7.62. The van der Waals surface area contributed by atoms with E-state index in [0.29, 0.717) is 12.3 Å². The summed E-state index contributed by atoms with van der Waals surface area (Å²) in [6, 6.07) is 0. The third-order valence-electron chi connectivity index (χ3n) is 7.62. The summed E-state index contributed by atoms with van der Waals surface area (Å²) in [6.07, 6.45) is 6.85. The molecule has 23 heavy (non-hydrogen) atoms. The van der Waals surface area contributed by atoms with E-state index in [4.69, 9.17) is 4.74 Å². The van der Waals surface area contributed by atoms with E-state index in [1.165, 1.54) is 12.8 Å². The largest absolute Gasteiger partial charge is 0.392 e. The summed E-state index contributed by atoms with van der Waals surface area (Å²) in [6.45, 7) is 9.87. The predicted molar refractivity (Wildman–Crippen MR) is 88.9 cm³/mol. The van der Waals surface area contributed by atoms with Gasteiger partial charge in [-0.25, -0.2) is 0 Å². The number of hydrogen-bond donors (Lipinski definition) is 1. The zero-order valence-electron chi connectivity index (χ0n) is 14.9. The van der Waals surface area contributed by atoms with Crippen LogP contribution in [0.3, 0.4) is 0 Å². The molecule has 0 aromatic carbocycles. The van der Waals surface area contributed by atoms with Crippen LogP contribution < -0.4 is 0 Å². The average Bonchev–Trinajstić information content (AvgIpc) is 3.25. The number of rotatable bonds is 1. The Bertz CT molecular complexity index is 573. The van der Waals surface area contributed by atoms with E-state index >= 15 is 0 Å². The molecule has 0 unspecified atom stereocenters. The maximum atomic E-state index is 13.0. The summed E-state index contributed by atoms with van der Waals surface area (Å²) in [5.74, 6) is 0.674. The minimum atomic E-state index is -0.421. The van der Waals surface area contributed by atoms with Crippen LogP contribution in [0.1, 0.15) is 59.8 Å². The fraction of sp³-hybridized carbons (Fsp3) is 0.850. The summed E-state index contributed by atoms with van der Waals surface area (Å²) >= 11 is 0. The van der Waals surface area contributed by atoms with E-state index < -0.39 is 6.10 Å². The van der Waals surface area contributed by atoms with Gasteiger partial charge >= 0.3 is 0 Å². The van der Waals surface area contributed by atoms with E-state index in [9.17, 15) is 9.90 Å². The van der Waals surface area contributed by atoms with Gasteiger partial charge in [0.25, 0.3) is 0 Å². The zero-order chi connectivity index (χ0) is 16.6. The fourth-order valence-corrected chi connectivity index (χ4v) is 6.33. The van der Waals surface area contributed by atoms with Crippen molar-refractivity contribution in [2.75, 3.05) is 6.61 Å². The van der Waals surface area contributed by atoms with E-state index in [1.54, 1.807) is 0 Å². The molecule has 4 rings (SSSR count). The number of ketones is 1. The first-order valence-corrected chi connectivity index (χ1v) is 9.23. The van der Waals surface area contributed by atoms with Gasteiger partial charge in [-0.2, -0.15) is 0 Å². The number of ether oxygens (including phenoxy) is 1. The van der Waals surface area contributed by atoms with E-state index in [-0.39, 0.29) is 34.1 Å². The second kappa shape index (κ2) is 4.70. The highest BCUT2D eigenvalue weighted by atomic mass is 16.6. The average molecular weight is 318 g/mol. The molecule has 1 N–H and O–H groups in total. The van der Waals surface area contributed by atoms with Crippen LogP contribution in [0.4, 0.5) is 0 Å². The molecule has 0 radical (unpaired) electrons. The molecule has 0 aromatic heterocycles. The van der Waals surface area contributed by atoms with Crippen molar-refractivity contribution in [1.82, 2.24) is 0 Å². The van der Waals surface area contributed by atoms with Gasteiger partial charge in [-0.1, -0.05) is 40.2 Å². The van der Waals surface area contributed by atoms with Crippen molar-refractivity contribution in [1.29, 1.82) is 0 Å². The third kappa shape index (κ3) is 2.19. The summed E-state index contributed by atoms with van der Waals surface area (Å²) in [5.41, 5.74) is 0.980. The molecule has 3 heteroatoms. The van der Waals surface area contributed by atoms with Crippen molar-refractivity contribution in [2.24, 2.45) is 28.1 Å². The predicted octanol–water partition coefficient (Wildman–Crippen LogP) is 3.50. The minimum Gasteiger partial charge on any atom is -0.392 e. The Morgan fingerprint density at radius 2 is 1.91 bits per heavy atom. The molecule has 1 saturated heterocycles. The SMILES string of the molecule is CC1(C)CCC[C@]2(C)[C@@H]3C(=C[C@@](C)([C@@H]4CO4)C[C@H]3O)C(=O)C[C@H]12. The minimum absolute atomic E-state index is 0.0140. The van der Waals surface area contributed by atoms with Crippen LogP contribution in [0, 0.1) is 28.1 Å². The number of epoxide rings is 1. The topological polar surface area (TPSA) is 49.8 Å². The molecule has 3 nitrogen and oxygen atoms in total. The molecular formula is C20H30O3. The van der Waals surface area contributed by atoms with Crippen LogP contribution in [-0.4, -0.2) is 29.7 Å². The smallest absolute Gasteiger partial charge is 0.159 e. The lowest BCUT2D eigenvalue weighted by Crippen LogP contribution is -2.57. The van der Waals surface area contributed by atoms with Crippen molar-refractivity contribution in [3.63, 3.8) is 0 Å². The number of hydrogen-bond acceptors (Lipinski definition) is 3. The summed E-state index contributed by atoms with van der Waals surface area (Å²) < 4.78 is 5.51. The fourth-order valence-electron chi connectivity index (χ4n) is 6.33. The van der Waals surface area contributed by atoms with Crippen LogP contribution in [0.2, 0.25) is 0 Å². The number of aliphatic hydroxyl groups excluding tert-OH is 1. The van der Waals surface area contributed by atoms with Gasteiger partial charge in [0, 0.05) is 17.8 Å². The Hall–Kier alpha value is -0.670. The van der Waals surface area contributed by atoms with Gasteiger partial charge in [0.1, 0.15) is 0 Å². The maximum Gasteiger partial charge on any atom is 0.159 e. The molecule has 128 valence electrons. The number of carbonyl (C=O) groups is 1. The van der Waals surface area contributed by atoms with Crippen LogP contribution in [0.5, 0.6) is 0 Å². The van der Waals surface area contributed by atoms with Crippen LogP contribution >= 0.6 is 0 Å². The van der Waals surface area contributed by atoms with Gasteiger partial charge < -0.3 is 9.84 Å². The molecule has 3 fully saturated rings. The Morgan fingerprint density at radius 1 is 1.22 bits per heavy atom. The van der Waals surface area contributed by atoms with Crippen molar-refractivity contribution in [2.45, 2.75) is 72.0 Å². The Balaban J connectivity index is 1.79. The monoisotopic (exact) mass is 318 g/mol. The summed E-state index contributed by atoms with van der Waals surface area (Å²) in [7, 11) is 0. The molecule has 0 amide bonds. The van der Waals surface area contributed by atoms with Crippen molar-refractivity contribution in [3.05, 3.63) is 11.6 Å². The molecule has 6 atom stereocenters. The second-order valence-electron chi connectivity index (χ2n) is 9.70. The van der Waals surface area contributed by atoms with Crippen LogP contribution in [0.15, 0.2) is 11.6 Å². The summed E-state index contributed by atoms with van der Waals surface area (Å²) in [5, 5.41) is 11.1. The standard InChI is InChI=1S/C20H30O3/c1-18(2)6-5-7-20(4)15(18)8-13(21)12-9-19(3,16-11-23-16)10-14(22)17(12)20/h9,14-17,22H,5-8,10-11H2,1-4H3/t14-,15-,16+,17-,19-,20+/m1/s1. The highest BCUT2D eigenvalue weighted by molar-refractivity contribution is 5.97. The van der Waals surface area contributed by atoms with E-state index in [0.717, 1.165) is 25.0 Å². The normalized spacial score (nSPS) is 51.5. The van der Waals surface area contributed by atoms with Crippen molar-refractivity contribution in [3.8, 4) is 0 Å². The molecule has 2 saturated carbocycles. The van der Waals surface area contributed by atoms with E-state index in [2.05, 4.69) is 33.8 Å². The highest BCUT2D eigenvalue weighted by Crippen LogP contribution is 2.63. The Kier molecular flexibility index (Phi) is 3.23. The lowest BCUT2D eigenvalue weighted by molar-refractivity contribution is -0.140. The maximum absolute atomic E-state index is 13.0. The zero-order valence-corrected chi connectivity index (χ0v) is 14.9. The van der Waals surface area contributed by atoms with Gasteiger partial charge in [-0.05, 0) is 41.6 Å². The molecule has 0 aromatic rings. The molecule has 0 bridgehead atoms. The Labute approximate surface area is 139 Å². The van der Waals surface area contributed by atoms with E-state index in [1.807, 2.05) is 0 Å². The summed E-state index contributed by atoms with van der Waals surface area (Å²) in [4.78, 5) is 13.0. The van der Waals surface area contributed by atoms with Crippen molar-refractivity contribution >= 4 is 5.78 Å². The van der Waals surface area contributed by atoms with Gasteiger partial charge in [0.05, 0.1) is 18.8 Å². The number of aliphatic hydroxyl groups is 1. The van der Waals surface area contributed by atoms with Gasteiger partial charge in [0.2, 0.25) is 0 Å². The van der Waals surface area contributed by atoms with Gasteiger partial charge in [-0.15, -0.1) is 0 Å². The van der Waals surface area contributed by atoms with Gasteiger partial charge in [0.15, 0.2) is 5.78 Å². The van der Waals surface area contributed by atoms with Crippen LogP contribution in [-0.2, 0) is 9.53 Å². The highest BCUT2D eigenvalue weighted by Gasteiger charge is 2.60. The number of carbonyl (C=O) groups excluding carboxylic acids is 1. The molecular weight excluding hydrogens is 288 g/mol. The Morgan fingerprint density at radius 3 is 2.57 bits per heavy atom. The van der Waals surface area contributed by atoms with Gasteiger partial charge in [-0.3, -0.25) is 4.79 Å². The first-order valence-electron chi connectivity index (χ1n) is 9.23. The van der Waals surface area contributed by atoms with Crippen LogP contribution in [0.25, 0.3) is 0 Å². The molecule has 0 spiro atoms. The molecule has 1 aliphatic heterocycles. The quantitative estimate of drug-likeness (QED) is 0.753. The lowest BCUT2D eigenvalue weighted by Gasteiger charge is -2.59. The molecule has 3 aliphatic carbocycles. The lowest BCUT2D eigenvalue weighted by atomic mass is 9.44.